The molecule has 1 N–H and O–H groups in total. The van der Waals surface area contributed by atoms with Crippen molar-refractivity contribution in [3.63, 3.8) is 0 Å². The molecule has 111 heavy (non-hydrogen) atoms. The highest BCUT2D eigenvalue weighted by Gasteiger charge is 2.58. The number of nitrogens with zero attached hydrogens (tertiary/aromatic N) is 2. The van der Waals surface area contributed by atoms with Crippen LogP contribution in [0.3, 0.4) is 0 Å². The molecule has 1 aliphatic carbocycles. The summed E-state index contributed by atoms with van der Waals surface area (Å²) in [5.41, 5.74) is 2.72. The molecule has 0 aromatic heterocycles. The Labute approximate surface area is 647 Å². The average Bonchev–Trinajstić information content (AvgIpc) is 1.60. The van der Waals surface area contributed by atoms with Gasteiger partial charge in [-0.25, -0.2) is 0 Å². The highest BCUT2D eigenvalue weighted by molar-refractivity contribution is 7.96. The van der Waals surface area contributed by atoms with E-state index in [0.29, 0.717) is 154 Å². The third kappa shape index (κ3) is 13.9. The monoisotopic (exact) mass is 1580 g/mol. The van der Waals surface area contributed by atoms with Crippen molar-refractivity contribution >= 4 is 79.3 Å². The first-order valence-electron chi connectivity index (χ1n) is 38.7. The Bertz CT molecular complexity index is 5750. The number of benzene rings is 11. The molecule has 2 aliphatic heterocycles. The summed E-state index contributed by atoms with van der Waals surface area (Å²) in [6.45, 7) is 23.8. The van der Waals surface area contributed by atoms with E-state index in [4.69, 9.17) is 18.1 Å². The second-order valence-electron chi connectivity index (χ2n) is 28.6. The summed E-state index contributed by atoms with van der Waals surface area (Å²) in [7, 11) is -27.0. The maximum Gasteiger partial charge on any atom is 0.518 e. The summed E-state index contributed by atoms with van der Waals surface area (Å²) in [4.78, 5) is 2.87. The molecule has 3 aliphatic rings. The number of nitrogens with one attached hydrogen (secondary N) is 1. The molecule has 11 aromatic carbocycles. The number of halogens is 6. The van der Waals surface area contributed by atoms with Crippen molar-refractivity contribution < 1.29 is 61.3 Å². The number of rotatable bonds is 20. The van der Waals surface area contributed by atoms with Gasteiger partial charge in [0, 0.05) is 39.3 Å². The van der Waals surface area contributed by atoms with Crippen LogP contribution >= 0.6 is 15.3 Å². The van der Waals surface area contributed by atoms with Crippen LogP contribution in [0.5, 0.6) is 17.2 Å². The molecular formula is C90H91F6N3O8P2S2. The zero-order valence-electron chi connectivity index (χ0n) is 64.4. The zero-order chi connectivity index (χ0) is 79.0. The van der Waals surface area contributed by atoms with Crippen molar-refractivity contribution in [3.8, 4) is 61.8 Å². The second-order valence-corrected chi connectivity index (χ2v) is 36.4. The molecule has 2 heterocycles. The molecule has 0 radical (unpaired) electrons. The molecule has 0 amide bonds. The predicted molar refractivity (Wildman–Crippen MR) is 441 cm³/mol. The molecule has 3 atom stereocenters. The van der Waals surface area contributed by atoms with Crippen LogP contribution in [0.4, 0.5) is 26.3 Å². The Morgan fingerprint density at radius 2 is 0.685 bits per heavy atom. The first kappa shape index (κ1) is 78.9. The minimum atomic E-state index is -7.11. The van der Waals surface area contributed by atoms with Crippen LogP contribution in [-0.4, -0.2) is 34.0 Å². The number of alkyl halides is 6. The van der Waals surface area contributed by atoms with E-state index in [-0.39, 0.29) is 45.1 Å². The Morgan fingerprint density at radius 3 is 1.05 bits per heavy atom. The Morgan fingerprint density at radius 1 is 0.369 bits per heavy atom. The van der Waals surface area contributed by atoms with Crippen molar-refractivity contribution in [2.45, 2.75) is 183 Å². The number of sulfonamides is 2. The van der Waals surface area contributed by atoms with Gasteiger partial charge >= 0.3 is 46.4 Å². The summed E-state index contributed by atoms with van der Waals surface area (Å²) < 4.78 is 201. The molecule has 11 aromatic rings. The van der Waals surface area contributed by atoms with E-state index in [1.54, 1.807) is 30.3 Å². The SMILES string of the molecule is CCc1cc(CC)c(C2=Cc3ccccc3C3c4c(c(-c5c(CC)cc(CC)cc5CC)cc5ccccc45)OP(=NS(=O)(=O)C(F)(F)F)(NP4(=NS(=O)(=O)C(F)(F)F)Oc5c(-c6c(CC)cc(CC)cc6CC)cc6ccccc6c5-c5c(c(-c6c(CC)cc(CC)cc6CC)cc6ccccc56)O4)OC23)c(CC)c1. The molecule has 0 bridgehead atoms. The Kier molecular flexibility index (Phi) is 21.7. The normalized spacial score (nSPS) is 16.8. The van der Waals surface area contributed by atoms with Gasteiger partial charge in [-0.3, -0.25) is 4.52 Å². The molecule has 21 heteroatoms. The summed E-state index contributed by atoms with van der Waals surface area (Å²) in [5, 5.41) is 3.21. The van der Waals surface area contributed by atoms with E-state index in [0.717, 1.165) is 66.8 Å². The lowest BCUT2D eigenvalue weighted by Crippen LogP contribution is -2.31. The highest BCUT2D eigenvalue weighted by Crippen LogP contribution is 2.72. The molecule has 0 saturated carbocycles. The number of aryl methyl sites for hydroxylation is 12. The molecule has 11 nitrogen and oxygen atoms in total. The number of hydrogen-bond donors (Lipinski definition) is 1. The molecule has 3 unspecified atom stereocenters. The van der Waals surface area contributed by atoms with Gasteiger partial charge < -0.3 is 13.6 Å². The Hall–Kier alpha value is -8.80. The average molecular weight is 1580 g/mol. The fourth-order valence-electron chi connectivity index (χ4n) is 16.9. The van der Waals surface area contributed by atoms with Crippen LogP contribution in [0.25, 0.3) is 88.5 Å². The second kappa shape index (κ2) is 30.6. The van der Waals surface area contributed by atoms with Gasteiger partial charge in [-0.1, -0.05) is 237 Å². The smallest absolute Gasteiger partial charge is 0.425 e. The lowest BCUT2D eigenvalue weighted by atomic mass is 9.71. The van der Waals surface area contributed by atoms with E-state index in [2.05, 4.69) is 25.3 Å². The molecule has 0 saturated heterocycles. The third-order valence-corrected chi connectivity index (χ3v) is 30.7. The summed E-state index contributed by atoms with van der Waals surface area (Å²) >= 11 is 0. The minimum absolute atomic E-state index is 0.192. The van der Waals surface area contributed by atoms with Crippen LogP contribution < -0.4 is 18.4 Å². The van der Waals surface area contributed by atoms with Gasteiger partial charge in [0.15, 0.2) is 0 Å². The van der Waals surface area contributed by atoms with E-state index in [1.807, 2.05) is 210 Å². The van der Waals surface area contributed by atoms with E-state index < -0.39 is 58.4 Å². The van der Waals surface area contributed by atoms with E-state index in [9.17, 15) is 0 Å². The van der Waals surface area contributed by atoms with E-state index >= 15 is 43.2 Å². The van der Waals surface area contributed by atoms with Gasteiger partial charge in [0.05, 0.1) is 0 Å². The first-order valence-corrected chi connectivity index (χ1v) is 44.7. The first-order chi connectivity index (χ1) is 53.1. The third-order valence-electron chi connectivity index (χ3n) is 22.2. The summed E-state index contributed by atoms with van der Waals surface area (Å²) in [5.74, 6) is -2.06. The number of hydrogen-bond acceptors (Lipinski definition) is 8. The zero-order valence-corrected chi connectivity index (χ0v) is 67.9. The van der Waals surface area contributed by atoms with Gasteiger partial charge in [-0.05, 0) is 239 Å². The van der Waals surface area contributed by atoms with Crippen LogP contribution in [0.1, 0.15) is 178 Å². The van der Waals surface area contributed by atoms with Crippen LogP contribution in [0.15, 0.2) is 172 Å². The maximum absolute atomic E-state index is 16.7. The van der Waals surface area contributed by atoms with Gasteiger partial charge in [-0.15, -0.1) is 4.86 Å². The fraction of sp³-hybridized carbons (Fsp3) is 0.311. The van der Waals surface area contributed by atoms with Gasteiger partial charge in [-0.2, -0.15) is 43.2 Å². The topological polar surface area (TPSA) is 142 Å². The molecular weight excluding hydrogens is 1490 g/mol. The standard InChI is InChI=1S/C90H91F6N3O8P2S2/c1-13-53-41-57(17-5)77(58(18-6)42-53)73-49-65-33-25-29-37-69(65)81-82-70-38-30-26-34-66(70)50-74(78-59(19-7)43-54(14-2)44-60(78)20-8)86(82)105-108(104-85(73)81,98-110(100,101)89(91,92)93)97-109(99-111(102,103)90(94,95)96)106-87-75(79-61(21-9)45-55(15-3)46-62(79)22-10)51-67-35-27-31-39-71(67)83(87)84-72-40-32-28-36-68(72)52-76(88(84)107-109)80-63(23-11)47-56(16-4)48-64(80)24-12/h25-52,81,85,97H,13-24H2,1-12H3. The largest absolute Gasteiger partial charge is 0.518 e. The molecule has 0 fully saturated rings. The highest BCUT2D eigenvalue weighted by atomic mass is 32.2. The Balaban J connectivity index is 1.25. The van der Waals surface area contributed by atoms with Gasteiger partial charge in [0.1, 0.15) is 23.4 Å². The molecule has 14 rings (SSSR count). The van der Waals surface area contributed by atoms with Crippen LogP contribution in [0, 0.1) is 0 Å². The van der Waals surface area contributed by atoms with Crippen molar-refractivity contribution in [2.24, 2.45) is 8.30 Å². The quantitative estimate of drug-likeness (QED) is 0.0583. The lowest BCUT2D eigenvalue weighted by Gasteiger charge is -2.37. The van der Waals surface area contributed by atoms with Crippen molar-refractivity contribution in [3.05, 3.63) is 253 Å². The number of fused-ring (bicyclic) bond motifs is 14. The van der Waals surface area contributed by atoms with E-state index in [1.165, 1.54) is 0 Å². The molecule has 578 valence electrons. The van der Waals surface area contributed by atoms with Crippen LogP contribution in [-0.2, 0) is 102 Å². The van der Waals surface area contributed by atoms with Crippen LogP contribution in [0.2, 0.25) is 0 Å². The predicted octanol–water partition coefficient (Wildman–Crippen LogP) is 25.7. The van der Waals surface area contributed by atoms with Crippen molar-refractivity contribution in [2.75, 3.05) is 0 Å². The summed E-state index contributed by atoms with van der Waals surface area (Å²) in [6.07, 6.45) is 5.76. The van der Waals surface area contributed by atoms with Crippen molar-refractivity contribution in [1.29, 1.82) is 0 Å². The lowest BCUT2D eigenvalue weighted by molar-refractivity contribution is -0.0441. The van der Waals surface area contributed by atoms with Gasteiger partial charge in [0.2, 0.25) is 0 Å². The van der Waals surface area contributed by atoms with Gasteiger partial charge in [0.25, 0.3) is 0 Å². The summed E-state index contributed by atoms with van der Waals surface area (Å²) in [6, 6.07) is 51.2. The molecule has 0 spiro atoms. The maximum atomic E-state index is 16.7. The fourth-order valence-corrected chi connectivity index (χ4v) is 25.3. The minimum Gasteiger partial charge on any atom is -0.425 e. The van der Waals surface area contributed by atoms with Crippen molar-refractivity contribution in [1.82, 2.24) is 4.86 Å².